The minimum absolute atomic E-state index is 0.320. The van der Waals surface area contributed by atoms with E-state index >= 15 is 0 Å². The Kier molecular flexibility index (Phi) is 8.72. The largest absolute Gasteiger partial charge is 0.489 e. The SMILES string of the molecule is C/C=C\C(OCC(O)CCCC)=C(\N)CC. The van der Waals surface area contributed by atoms with Gasteiger partial charge in [-0.15, -0.1) is 0 Å². The van der Waals surface area contributed by atoms with Crippen molar-refractivity contribution < 1.29 is 9.84 Å². The summed E-state index contributed by atoms with van der Waals surface area (Å²) in [6, 6.07) is 0. The summed E-state index contributed by atoms with van der Waals surface area (Å²) in [5, 5.41) is 9.64. The van der Waals surface area contributed by atoms with Crippen LogP contribution in [0.15, 0.2) is 23.6 Å². The van der Waals surface area contributed by atoms with E-state index in [1.807, 2.05) is 26.0 Å². The van der Waals surface area contributed by atoms with Crippen molar-refractivity contribution in [2.24, 2.45) is 5.73 Å². The molecule has 0 aliphatic rings. The van der Waals surface area contributed by atoms with Crippen molar-refractivity contribution in [2.45, 2.75) is 52.6 Å². The molecule has 0 aromatic rings. The summed E-state index contributed by atoms with van der Waals surface area (Å²) in [5.41, 5.74) is 6.53. The second-order valence-corrected chi connectivity index (χ2v) is 3.85. The molecule has 0 fully saturated rings. The minimum atomic E-state index is -0.398. The molecule has 94 valence electrons. The molecule has 0 saturated carbocycles. The maximum atomic E-state index is 9.64. The number of allylic oxidation sites excluding steroid dienone is 3. The lowest BCUT2D eigenvalue weighted by molar-refractivity contribution is 0.0670. The van der Waals surface area contributed by atoms with E-state index in [1.165, 1.54) is 0 Å². The Morgan fingerprint density at radius 2 is 2.12 bits per heavy atom. The minimum Gasteiger partial charge on any atom is -0.489 e. The van der Waals surface area contributed by atoms with Crippen molar-refractivity contribution in [1.29, 1.82) is 0 Å². The van der Waals surface area contributed by atoms with Gasteiger partial charge in [-0.25, -0.2) is 0 Å². The van der Waals surface area contributed by atoms with E-state index in [4.69, 9.17) is 10.5 Å². The van der Waals surface area contributed by atoms with Gasteiger partial charge in [-0.3, -0.25) is 0 Å². The molecule has 0 saturated heterocycles. The summed E-state index contributed by atoms with van der Waals surface area (Å²) >= 11 is 0. The van der Waals surface area contributed by atoms with Crippen molar-refractivity contribution in [2.75, 3.05) is 6.61 Å². The second-order valence-electron chi connectivity index (χ2n) is 3.85. The number of rotatable bonds is 8. The van der Waals surface area contributed by atoms with Gasteiger partial charge in [0.2, 0.25) is 0 Å². The third kappa shape index (κ3) is 6.51. The number of aliphatic hydroxyl groups is 1. The molecular weight excluding hydrogens is 202 g/mol. The maximum Gasteiger partial charge on any atom is 0.137 e. The molecule has 0 aromatic heterocycles. The van der Waals surface area contributed by atoms with Crippen molar-refractivity contribution in [3.05, 3.63) is 23.6 Å². The van der Waals surface area contributed by atoms with Gasteiger partial charge in [0.1, 0.15) is 12.4 Å². The van der Waals surface area contributed by atoms with Gasteiger partial charge in [-0.2, -0.15) is 0 Å². The Hall–Kier alpha value is -0.960. The molecule has 0 rings (SSSR count). The highest BCUT2D eigenvalue weighted by Gasteiger charge is 2.06. The first-order valence-corrected chi connectivity index (χ1v) is 6.07. The fourth-order valence-electron chi connectivity index (χ4n) is 1.28. The summed E-state index contributed by atoms with van der Waals surface area (Å²) < 4.78 is 5.51. The average molecular weight is 227 g/mol. The van der Waals surface area contributed by atoms with Crippen LogP contribution in [0.5, 0.6) is 0 Å². The molecular formula is C13H25NO2. The van der Waals surface area contributed by atoms with Crippen LogP contribution in [-0.4, -0.2) is 17.8 Å². The molecule has 0 heterocycles. The third-order valence-corrected chi connectivity index (χ3v) is 2.34. The van der Waals surface area contributed by atoms with Crippen molar-refractivity contribution in [3.8, 4) is 0 Å². The Morgan fingerprint density at radius 3 is 2.62 bits per heavy atom. The monoisotopic (exact) mass is 227 g/mol. The molecule has 0 bridgehead atoms. The molecule has 0 spiro atoms. The predicted octanol–water partition coefficient (Wildman–Crippen LogP) is 2.71. The van der Waals surface area contributed by atoms with Gasteiger partial charge < -0.3 is 15.6 Å². The summed E-state index contributed by atoms with van der Waals surface area (Å²) in [5.74, 6) is 0.681. The first kappa shape index (κ1) is 15.0. The Morgan fingerprint density at radius 1 is 1.44 bits per heavy atom. The first-order valence-electron chi connectivity index (χ1n) is 6.07. The van der Waals surface area contributed by atoms with Crippen molar-refractivity contribution >= 4 is 0 Å². The van der Waals surface area contributed by atoms with E-state index in [2.05, 4.69) is 6.92 Å². The van der Waals surface area contributed by atoms with E-state index in [-0.39, 0.29) is 0 Å². The highest BCUT2D eigenvalue weighted by atomic mass is 16.5. The van der Waals surface area contributed by atoms with Gasteiger partial charge in [-0.1, -0.05) is 32.8 Å². The van der Waals surface area contributed by atoms with Crippen LogP contribution in [0.25, 0.3) is 0 Å². The van der Waals surface area contributed by atoms with Crippen molar-refractivity contribution in [3.63, 3.8) is 0 Å². The summed E-state index contributed by atoms with van der Waals surface area (Å²) in [7, 11) is 0. The Labute approximate surface area is 99.0 Å². The molecule has 1 unspecified atom stereocenters. The van der Waals surface area contributed by atoms with Crippen LogP contribution in [0.4, 0.5) is 0 Å². The number of hydrogen-bond acceptors (Lipinski definition) is 3. The lowest BCUT2D eigenvalue weighted by Gasteiger charge is -2.14. The van der Waals surface area contributed by atoms with Crippen LogP contribution >= 0.6 is 0 Å². The summed E-state index contributed by atoms with van der Waals surface area (Å²) in [6.07, 6.45) is 6.98. The molecule has 0 aromatic carbocycles. The highest BCUT2D eigenvalue weighted by Crippen LogP contribution is 2.09. The van der Waals surface area contributed by atoms with Crippen LogP contribution < -0.4 is 5.73 Å². The predicted molar refractivity (Wildman–Crippen MR) is 67.8 cm³/mol. The second kappa shape index (κ2) is 9.28. The topological polar surface area (TPSA) is 55.5 Å². The van der Waals surface area contributed by atoms with Crippen LogP contribution in [0.3, 0.4) is 0 Å². The Bertz CT molecular complexity index is 234. The van der Waals surface area contributed by atoms with Gasteiger partial charge in [0.05, 0.1) is 11.8 Å². The molecule has 16 heavy (non-hydrogen) atoms. The molecule has 1 atom stereocenters. The molecule has 0 aliphatic carbocycles. The quantitative estimate of drug-likeness (QED) is 0.495. The van der Waals surface area contributed by atoms with Crippen LogP contribution in [0, 0.1) is 0 Å². The number of aliphatic hydroxyl groups excluding tert-OH is 1. The molecule has 3 N–H and O–H groups in total. The van der Waals surface area contributed by atoms with Gasteiger partial charge >= 0.3 is 0 Å². The molecule has 3 nitrogen and oxygen atoms in total. The lowest BCUT2D eigenvalue weighted by Crippen LogP contribution is -2.16. The normalized spacial score (nSPS) is 15.0. The van der Waals surface area contributed by atoms with E-state index in [1.54, 1.807) is 0 Å². The van der Waals surface area contributed by atoms with E-state index < -0.39 is 6.10 Å². The highest BCUT2D eigenvalue weighted by molar-refractivity contribution is 5.17. The number of unbranched alkanes of at least 4 members (excludes halogenated alkanes) is 1. The van der Waals surface area contributed by atoms with E-state index in [0.717, 1.165) is 31.4 Å². The van der Waals surface area contributed by atoms with E-state index in [0.29, 0.717) is 12.4 Å². The van der Waals surface area contributed by atoms with Gasteiger partial charge in [0, 0.05) is 0 Å². The molecule has 0 radical (unpaired) electrons. The Balaban J connectivity index is 4.13. The van der Waals surface area contributed by atoms with Crippen LogP contribution in [-0.2, 0) is 4.74 Å². The molecule has 3 heteroatoms. The van der Waals surface area contributed by atoms with Crippen molar-refractivity contribution in [1.82, 2.24) is 0 Å². The smallest absolute Gasteiger partial charge is 0.137 e. The fraction of sp³-hybridized carbons (Fsp3) is 0.692. The fourth-order valence-corrected chi connectivity index (χ4v) is 1.28. The first-order chi connectivity index (χ1) is 7.65. The summed E-state index contributed by atoms with van der Waals surface area (Å²) in [6.45, 7) is 6.32. The molecule has 0 aliphatic heterocycles. The van der Waals surface area contributed by atoms with Crippen LogP contribution in [0.1, 0.15) is 46.5 Å². The average Bonchev–Trinajstić information content (AvgIpc) is 2.30. The maximum absolute atomic E-state index is 9.64. The molecule has 0 amide bonds. The number of hydrogen-bond donors (Lipinski definition) is 2. The van der Waals surface area contributed by atoms with Gasteiger partial charge in [0.15, 0.2) is 0 Å². The third-order valence-electron chi connectivity index (χ3n) is 2.34. The number of ether oxygens (including phenoxy) is 1. The van der Waals surface area contributed by atoms with Crippen LogP contribution in [0.2, 0.25) is 0 Å². The zero-order valence-corrected chi connectivity index (χ0v) is 10.7. The zero-order chi connectivity index (χ0) is 12.4. The van der Waals surface area contributed by atoms with Gasteiger partial charge in [-0.05, 0) is 25.8 Å². The number of nitrogens with two attached hydrogens (primary N) is 1. The van der Waals surface area contributed by atoms with Gasteiger partial charge in [0.25, 0.3) is 0 Å². The summed E-state index contributed by atoms with van der Waals surface area (Å²) in [4.78, 5) is 0. The van der Waals surface area contributed by atoms with E-state index in [9.17, 15) is 5.11 Å². The lowest BCUT2D eigenvalue weighted by atomic mass is 10.2. The standard InChI is InChI=1S/C13H25NO2/c1-4-7-9-11(15)10-16-13(8-5-2)12(14)6-3/h5,8,11,15H,4,6-7,9-10,14H2,1-3H3/b8-5-,13-12-. The zero-order valence-electron chi connectivity index (χ0n) is 10.7.